The molecular formula is C10H18O4. The van der Waals surface area contributed by atoms with E-state index in [1.807, 2.05) is 20.8 Å². The maximum absolute atomic E-state index is 11.5. The van der Waals surface area contributed by atoms with E-state index < -0.39 is 17.2 Å². The van der Waals surface area contributed by atoms with Gasteiger partial charge in [0, 0.05) is 0 Å². The zero-order valence-corrected chi connectivity index (χ0v) is 9.42. The van der Waals surface area contributed by atoms with Gasteiger partial charge in [0.15, 0.2) is 0 Å². The van der Waals surface area contributed by atoms with E-state index in [4.69, 9.17) is 4.74 Å². The van der Waals surface area contributed by atoms with Crippen LogP contribution in [0.1, 0.15) is 41.0 Å². The Morgan fingerprint density at radius 1 is 1.29 bits per heavy atom. The second-order valence-electron chi connectivity index (χ2n) is 4.23. The van der Waals surface area contributed by atoms with Crippen LogP contribution in [0, 0.1) is 0 Å². The highest BCUT2D eigenvalue weighted by Crippen LogP contribution is 2.19. The Kier molecular flexibility index (Phi) is 4.10. The highest BCUT2D eigenvalue weighted by atomic mass is 16.6. The minimum Gasteiger partial charge on any atom is -0.457 e. The molecule has 82 valence electrons. The molecule has 0 aromatic carbocycles. The Morgan fingerprint density at radius 2 is 1.79 bits per heavy atom. The summed E-state index contributed by atoms with van der Waals surface area (Å²) in [6, 6.07) is 0. The molecular weight excluding hydrogens is 184 g/mol. The average molecular weight is 202 g/mol. The molecule has 0 amide bonds. The third-order valence-electron chi connectivity index (χ3n) is 2.05. The maximum Gasteiger partial charge on any atom is 0.350 e. The highest BCUT2D eigenvalue weighted by molar-refractivity contribution is 5.80. The van der Waals surface area contributed by atoms with Gasteiger partial charge in [0.05, 0.1) is 0 Å². The molecule has 0 spiro atoms. The van der Waals surface area contributed by atoms with Crippen molar-refractivity contribution < 1.29 is 19.1 Å². The number of rotatable bonds is 5. The lowest BCUT2D eigenvalue weighted by atomic mass is 10.1. The Morgan fingerprint density at radius 3 is 2.14 bits per heavy atom. The molecule has 0 aromatic heterocycles. The topological polar surface area (TPSA) is 52.6 Å². The molecule has 0 radical (unpaired) electrons. The summed E-state index contributed by atoms with van der Waals surface area (Å²) in [5.74, 6) is -0.531. The van der Waals surface area contributed by atoms with Crippen LogP contribution in [0.4, 0.5) is 0 Å². The molecule has 0 aliphatic rings. The van der Waals surface area contributed by atoms with Crippen LogP contribution in [-0.2, 0) is 19.1 Å². The van der Waals surface area contributed by atoms with Crippen LogP contribution >= 0.6 is 0 Å². The van der Waals surface area contributed by atoms with Crippen molar-refractivity contribution in [3.8, 4) is 0 Å². The van der Waals surface area contributed by atoms with Crippen LogP contribution in [-0.4, -0.2) is 23.6 Å². The predicted octanol–water partition coefficient (Wildman–Crippen LogP) is 1.67. The van der Waals surface area contributed by atoms with Crippen molar-refractivity contribution in [2.75, 3.05) is 0 Å². The fraction of sp³-hybridized carbons (Fsp3) is 0.800. The van der Waals surface area contributed by atoms with Crippen LogP contribution in [0.3, 0.4) is 0 Å². The number of esters is 1. The maximum atomic E-state index is 11.5. The molecule has 14 heavy (non-hydrogen) atoms. The Labute approximate surface area is 84.6 Å². The Hall–Kier alpha value is -1.06. The molecule has 0 N–H and O–H groups in total. The van der Waals surface area contributed by atoms with Crippen molar-refractivity contribution in [3.05, 3.63) is 0 Å². The molecule has 0 bridgehead atoms. The van der Waals surface area contributed by atoms with E-state index >= 15 is 0 Å². The molecule has 0 heterocycles. The Balaban J connectivity index is 4.41. The molecule has 0 saturated heterocycles. The van der Waals surface area contributed by atoms with E-state index in [9.17, 15) is 9.59 Å². The minimum atomic E-state index is -1.21. The first kappa shape index (κ1) is 12.9. The lowest BCUT2D eigenvalue weighted by Crippen LogP contribution is -2.41. The fourth-order valence-corrected chi connectivity index (χ4v) is 0.614. The number of carbonyl (C=O) groups excluding carboxylic acids is 2. The zero-order chi connectivity index (χ0) is 11.4. The lowest BCUT2D eigenvalue weighted by Gasteiger charge is -2.28. The van der Waals surface area contributed by atoms with Gasteiger partial charge in [0.1, 0.15) is 5.60 Å². The van der Waals surface area contributed by atoms with Crippen molar-refractivity contribution in [1.29, 1.82) is 0 Å². The quantitative estimate of drug-likeness (QED) is 0.502. The zero-order valence-electron chi connectivity index (χ0n) is 9.42. The van der Waals surface area contributed by atoms with Crippen molar-refractivity contribution >= 4 is 12.4 Å². The van der Waals surface area contributed by atoms with E-state index in [0.29, 0.717) is 6.42 Å². The molecule has 4 heteroatoms. The molecule has 0 atom stereocenters. The number of hydrogen-bond donors (Lipinski definition) is 0. The molecule has 0 saturated carbocycles. The summed E-state index contributed by atoms with van der Waals surface area (Å²) in [5.41, 5.74) is -1.74. The smallest absolute Gasteiger partial charge is 0.350 e. The first-order chi connectivity index (χ1) is 6.25. The van der Waals surface area contributed by atoms with E-state index in [0.717, 1.165) is 0 Å². The van der Waals surface area contributed by atoms with Gasteiger partial charge in [0.2, 0.25) is 5.60 Å². The molecule has 0 fully saturated rings. The van der Waals surface area contributed by atoms with Crippen LogP contribution in [0.15, 0.2) is 0 Å². The van der Waals surface area contributed by atoms with Crippen LogP contribution in [0.2, 0.25) is 0 Å². The van der Waals surface area contributed by atoms with Gasteiger partial charge in [-0.1, -0.05) is 6.92 Å². The van der Waals surface area contributed by atoms with Crippen molar-refractivity contribution in [2.24, 2.45) is 0 Å². The lowest BCUT2D eigenvalue weighted by molar-refractivity contribution is -0.182. The minimum absolute atomic E-state index is 0.250. The van der Waals surface area contributed by atoms with Crippen LogP contribution in [0.5, 0.6) is 0 Å². The second kappa shape index (κ2) is 4.44. The SMILES string of the molecule is CCC(C)(C)OC(=O)C(C)(C)OC=O. The summed E-state index contributed by atoms with van der Waals surface area (Å²) in [6.07, 6.45) is 0.704. The van der Waals surface area contributed by atoms with Crippen molar-refractivity contribution in [3.63, 3.8) is 0 Å². The fourth-order valence-electron chi connectivity index (χ4n) is 0.614. The van der Waals surface area contributed by atoms with Gasteiger partial charge in [-0.15, -0.1) is 0 Å². The standard InChI is InChI=1S/C10H18O4/c1-6-9(2,3)14-8(12)10(4,5)13-7-11/h7H,6H2,1-5H3. The second-order valence-corrected chi connectivity index (χ2v) is 4.23. The van der Waals surface area contributed by atoms with Gasteiger partial charge in [-0.05, 0) is 34.1 Å². The normalized spacial score (nSPS) is 12.1. The van der Waals surface area contributed by atoms with Gasteiger partial charge in [0.25, 0.3) is 6.47 Å². The van der Waals surface area contributed by atoms with Gasteiger partial charge in [-0.25, -0.2) is 4.79 Å². The summed E-state index contributed by atoms with van der Waals surface area (Å²) >= 11 is 0. The van der Waals surface area contributed by atoms with Crippen molar-refractivity contribution in [1.82, 2.24) is 0 Å². The molecule has 0 aliphatic heterocycles. The Bertz CT molecular complexity index is 218. The van der Waals surface area contributed by atoms with E-state index in [1.165, 1.54) is 13.8 Å². The van der Waals surface area contributed by atoms with E-state index in [2.05, 4.69) is 4.74 Å². The molecule has 0 aliphatic carbocycles. The monoisotopic (exact) mass is 202 g/mol. The highest BCUT2D eigenvalue weighted by Gasteiger charge is 2.35. The summed E-state index contributed by atoms with van der Waals surface area (Å²) in [5, 5.41) is 0. The number of ether oxygens (including phenoxy) is 2. The van der Waals surface area contributed by atoms with Crippen LogP contribution < -0.4 is 0 Å². The summed E-state index contributed by atoms with van der Waals surface area (Å²) in [6.45, 7) is 8.77. The summed E-state index contributed by atoms with van der Waals surface area (Å²) < 4.78 is 9.81. The third kappa shape index (κ3) is 3.77. The summed E-state index contributed by atoms with van der Waals surface area (Å²) in [4.78, 5) is 21.7. The molecule has 0 rings (SSSR count). The van der Waals surface area contributed by atoms with Crippen LogP contribution in [0.25, 0.3) is 0 Å². The largest absolute Gasteiger partial charge is 0.457 e. The van der Waals surface area contributed by atoms with Gasteiger partial charge < -0.3 is 9.47 Å². The number of carbonyl (C=O) groups is 2. The molecule has 0 aromatic rings. The van der Waals surface area contributed by atoms with Gasteiger partial charge >= 0.3 is 5.97 Å². The first-order valence-electron chi connectivity index (χ1n) is 4.60. The van der Waals surface area contributed by atoms with Gasteiger partial charge in [-0.3, -0.25) is 4.79 Å². The third-order valence-corrected chi connectivity index (χ3v) is 2.05. The predicted molar refractivity (Wildman–Crippen MR) is 51.7 cm³/mol. The van der Waals surface area contributed by atoms with Crippen molar-refractivity contribution in [2.45, 2.75) is 52.2 Å². The van der Waals surface area contributed by atoms with Gasteiger partial charge in [-0.2, -0.15) is 0 Å². The summed E-state index contributed by atoms with van der Waals surface area (Å²) in [7, 11) is 0. The number of hydrogen-bond acceptors (Lipinski definition) is 4. The average Bonchev–Trinajstić information content (AvgIpc) is 2.03. The molecule has 4 nitrogen and oxygen atoms in total. The van der Waals surface area contributed by atoms with E-state index in [-0.39, 0.29) is 6.47 Å². The first-order valence-corrected chi connectivity index (χ1v) is 4.60. The molecule has 0 unspecified atom stereocenters. The van der Waals surface area contributed by atoms with E-state index in [1.54, 1.807) is 0 Å².